The van der Waals surface area contributed by atoms with Crippen molar-refractivity contribution < 1.29 is 9.53 Å². The number of nitrogens with zero attached hydrogens (tertiary/aromatic N) is 4. The predicted octanol–water partition coefficient (Wildman–Crippen LogP) is 3.16. The Hall–Kier alpha value is -3.50. The van der Waals surface area contributed by atoms with Crippen molar-refractivity contribution in [2.24, 2.45) is 5.92 Å². The lowest BCUT2D eigenvalue weighted by Gasteiger charge is -2.13. The first kappa shape index (κ1) is 20.4. The van der Waals surface area contributed by atoms with Gasteiger partial charge in [0.1, 0.15) is 23.4 Å². The van der Waals surface area contributed by atoms with Crippen LogP contribution in [0.25, 0.3) is 10.8 Å². The summed E-state index contributed by atoms with van der Waals surface area (Å²) >= 11 is 0. The van der Waals surface area contributed by atoms with Gasteiger partial charge < -0.3 is 15.0 Å². The van der Waals surface area contributed by atoms with E-state index in [1.54, 1.807) is 18.6 Å². The highest BCUT2D eigenvalue weighted by molar-refractivity contribution is 5.96. The summed E-state index contributed by atoms with van der Waals surface area (Å²) in [5.74, 6) is 7.76. The minimum absolute atomic E-state index is 0.0334. The maximum Gasteiger partial charge on any atom is 0.228 e. The van der Waals surface area contributed by atoms with Crippen LogP contribution in [0.5, 0.6) is 5.75 Å². The zero-order valence-corrected chi connectivity index (χ0v) is 18.3. The van der Waals surface area contributed by atoms with Gasteiger partial charge in [0.2, 0.25) is 5.91 Å². The average molecular weight is 428 g/mol. The molecule has 0 aromatic carbocycles. The lowest BCUT2D eigenvalue weighted by Crippen LogP contribution is -2.21. The molecular formula is C25H25N5O2. The van der Waals surface area contributed by atoms with Crippen molar-refractivity contribution in [3.05, 3.63) is 53.7 Å². The van der Waals surface area contributed by atoms with E-state index < -0.39 is 0 Å². The number of ether oxygens (including phenoxy) is 1. The third-order valence-corrected chi connectivity index (χ3v) is 5.88. The SMILES string of the molecule is Cc1ncc(C#Cc2ccc(O[C@H]3CCN(C)C3)cn2)c2cc(NC(=O)C3CC3)ncc12. The molecule has 32 heavy (non-hydrogen) atoms. The van der Waals surface area contributed by atoms with Crippen LogP contribution in [0.15, 0.2) is 36.8 Å². The minimum Gasteiger partial charge on any atom is -0.487 e. The average Bonchev–Trinajstić information content (AvgIpc) is 3.57. The van der Waals surface area contributed by atoms with Crippen molar-refractivity contribution in [1.82, 2.24) is 19.9 Å². The zero-order chi connectivity index (χ0) is 22.1. The Morgan fingerprint density at radius 3 is 2.69 bits per heavy atom. The summed E-state index contributed by atoms with van der Waals surface area (Å²) in [5.41, 5.74) is 2.30. The number of anilines is 1. The highest BCUT2D eigenvalue weighted by Crippen LogP contribution is 2.30. The van der Waals surface area contributed by atoms with Gasteiger partial charge in [0.25, 0.3) is 0 Å². The van der Waals surface area contributed by atoms with Crippen molar-refractivity contribution in [3.8, 4) is 17.6 Å². The Balaban J connectivity index is 1.36. The van der Waals surface area contributed by atoms with Crippen LogP contribution in [-0.4, -0.2) is 52.0 Å². The van der Waals surface area contributed by atoms with Gasteiger partial charge >= 0.3 is 0 Å². The molecule has 0 radical (unpaired) electrons. The van der Waals surface area contributed by atoms with Crippen molar-refractivity contribution >= 4 is 22.5 Å². The molecule has 1 atom stereocenters. The van der Waals surface area contributed by atoms with E-state index in [9.17, 15) is 4.79 Å². The molecule has 0 bridgehead atoms. The van der Waals surface area contributed by atoms with Crippen molar-refractivity contribution in [1.29, 1.82) is 0 Å². The summed E-state index contributed by atoms with van der Waals surface area (Å²) in [6.45, 7) is 3.93. The second-order valence-electron chi connectivity index (χ2n) is 8.56. The Morgan fingerprint density at radius 2 is 1.97 bits per heavy atom. The van der Waals surface area contributed by atoms with E-state index in [0.29, 0.717) is 11.5 Å². The number of amides is 1. The van der Waals surface area contributed by atoms with E-state index >= 15 is 0 Å². The quantitative estimate of drug-likeness (QED) is 0.645. The number of hydrogen-bond acceptors (Lipinski definition) is 6. The third-order valence-electron chi connectivity index (χ3n) is 5.88. The first-order chi connectivity index (χ1) is 15.5. The molecule has 3 aromatic heterocycles. The van der Waals surface area contributed by atoms with Crippen molar-refractivity contribution in [2.45, 2.75) is 32.3 Å². The minimum atomic E-state index is 0.0334. The second-order valence-corrected chi connectivity index (χ2v) is 8.56. The largest absolute Gasteiger partial charge is 0.487 e. The molecule has 2 aliphatic rings. The van der Waals surface area contributed by atoms with Crippen LogP contribution in [0.3, 0.4) is 0 Å². The van der Waals surface area contributed by atoms with Crippen LogP contribution in [0.2, 0.25) is 0 Å². The number of aryl methyl sites for hydroxylation is 1. The van der Waals surface area contributed by atoms with Gasteiger partial charge in [0.05, 0.1) is 11.8 Å². The summed E-state index contributed by atoms with van der Waals surface area (Å²) in [6.07, 6.45) is 8.38. The van der Waals surface area contributed by atoms with Crippen molar-refractivity contribution in [3.63, 3.8) is 0 Å². The van der Waals surface area contributed by atoms with Gasteiger partial charge in [0, 0.05) is 47.9 Å². The molecule has 1 N–H and O–H groups in total. The van der Waals surface area contributed by atoms with Crippen LogP contribution in [-0.2, 0) is 4.79 Å². The van der Waals surface area contributed by atoms with Gasteiger partial charge in [-0.1, -0.05) is 5.92 Å². The van der Waals surface area contributed by atoms with Gasteiger partial charge in [0.15, 0.2) is 0 Å². The first-order valence-electron chi connectivity index (χ1n) is 10.9. The highest BCUT2D eigenvalue weighted by atomic mass is 16.5. The number of nitrogens with one attached hydrogen (secondary N) is 1. The molecule has 3 aromatic rings. The molecule has 1 saturated carbocycles. The number of pyridine rings is 3. The summed E-state index contributed by atoms with van der Waals surface area (Å²) in [7, 11) is 2.10. The van der Waals surface area contributed by atoms with E-state index in [1.165, 1.54) is 0 Å². The fourth-order valence-corrected chi connectivity index (χ4v) is 3.85. The zero-order valence-electron chi connectivity index (χ0n) is 18.3. The number of aromatic nitrogens is 3. The third kappa shape index (κ3) is 4.56. The number of fused-ring (bicyclic) bond motifs is 1. The fourth-order valence-electron chi connectivity index (χ4n) is 3.85. The van der Waals surface area contributed by atoms with Gasteiger partial charge in [-0.25, -0.2) is 9.97 Å². The summed E-state index contributed by atoms with van der Waals surface area (Å²) < 4.78 is 6.00. The topological polar surface area (TPSA) is 80.2 Å². The lowest BCUT2D eigenvalue weighted by atomic mass is 10.1. The molecule has 1 amide bonds. The monoisotopic (exact) mass is 427 g/mol. The number of hydrogen-bond donors (Lipinski definition) is 1. The molecule has 7 nitrogen and oxygen atoms in total. The van der Waals surface area contributed by atoms with E-state index in [0.717, 1.165) is 60.1 Å². The van der Waals surface area contributed by atoms with Gasteiger partial charge in [-0.2, -0.15) is 0 Å². The van der Waals surface area contributed by atoms with Crippen LogP contribution in [0.1, 0.15) is 36.2 Å². The van der Waals surface area contributed by atoms with Gasteiger partial charge in [-0.3, -0.25) is 9.78 Å². The molecule has 0 spiro atoms. The number of likely N-dealkylation sites (N-methyl/N-ethyl adjacent to an activating group) is 1. The van der Waals surface area contributed by atoms with E-state index in [2.05, 4.69) is 44.1 Å². The van der Waals surface area contributed by atoms with Crippen LogP contribution in [0, 0.1) is 24.7 Å². The maximum atomic E-state index is 12.1. The number of carbonyl (C=O) groups is 1. The Morgan fingerprint density at radius 1 is 1.09 bits per heavy atom. The standard InChI is InChI=1S/C25H25N5O2/c1-16-23-14-28-24(29-25(31)17-3-4-17)11-22(23)18(12-26-16)5-6-19-7-8-20(13-27-19)32-21-9-10-30(2)15-21/h7-8,11-14,17,21H,3-4,9-10,15H2,1-2H3,(H,28,29,31)/t21-/m0/s1. The Labute approximate surface area is 187 Å². The van der Waals surface area contributed by atoms with Crippen LogP contribution < -0.4 is 10.1 Å². The van der Waals surface area contributed by atoms with Gasteiger partial charge in [-0.15, -0.1) is 0 Å². The molecule has 2 fully saturated rings. The van der Waals surface area contributed by atoms with E-state index in [4.69, 9.17) is 4.74 Å². The molecule has 1 aliphatic carbocycles. The molecule has 5 rings (SSSR count). The molecule has 162 valence electrons. The summed E-state index contributed by atoms with van der Waals surface area (Å²) in [5, 5.41) is 4.74. The second kappa shape index (κ2) is 8.56. The van der Waals surface area contributed by atoms with Crippen LogP contribution in [0.4, 0.5) is 5.82 Å². The molecule has 7 heteroatoms. The molecular weight excluding hydrogens is 402 g/mol. The number of carbonyl (C=O) groups excluding carboxylic acids is 1. The molecule has 1 saturated heterocycles. The molecule has 1 aliphatic heterocycles. The first-order valence-corrected chi connectivity index (χ1v) is 10.9. The molecule has 0 unspecified atom stereocenters. The maximum absolute atomic E-state index is 12.1. The highest BCUT2D eigenvalue weighted by Gasteiger charge is 2.29. The Kier molecular flexibility index (Phi) is 5.46. The normalized spacial score (nSPS) is 18.2. The van der Waals surface area contributed by atoms with Crippen molar-refractivity contribution in [2.75, 3.05) is 25.5 Å². The van der Waals surface area contributed by atoms with E-state index in [-0.39, 0.29) is 17.9 Å². The Bertz CT molecular complexity index is 1220. The summed E-state index contributed by atoms with van der Waals surface area (Å²) in [4.78, 5) is 27.6. The number of likely N-dealkylation sites (tertiary alicyclic amines) is 1. The van der Waals surface area contributed by atoms with Gasteiger partial charge in [-0.05, 0) is 57.4 Å². The molecule has 4 heterocycles. The smallest absolute Gasteiger partial charge is 0.228 e. The number of rotatable bonds is 4. The fraction of sp³-hybridized carbons (Fsp3) is 0.360. The lowest BCUT2D eigenvalue weighted by molar-refractivity contribution is -0.117. The van der Waals surface area contributed by atoms with E-state index in [1.807, 2.05) is 25.1 Å². The predicted molar refractivity (Wildman–Crippen MR) is 122 cm³/mol. The van der Waals surface area contributed by atoms with Crippen LogP contribution >= 0.6 is 0 Å². The summed E-state index contributed by atoms with van der Waals surface area (Å²) in [6, 6.07) is 5.65.